The van der Waals surface area contributed by atoms with Crippen LogP contribution in [0.3, 0.4) is 0 Å². The molecule has 0 aliphatic rings. The minimum absolute atomic E-state index is 0.200. The van der Waals surface area contributed by atoms with Gasteiger partial charge in [0.15, 0.2) is 0 Å². The van der Waals surface area contributed by atoms with Crippen LogP contribution in [0.2, 0.25) is 0 Å². The van der Waals surface area contributed by atoms with Gasteiger partial charge in [-0.25, -0.2) is 13.9 Å². The van der Waals surface area contributed by atoms with Crippen molar-refractivity contribution in [3.8, 4) is 5.69 Å². The van der Waals surface area contributed by atoms with Crippen LogP contribution in [0, 0.1) is 5.82 Å². The van der Waals surface area contributed by atoms with Gasteiger partial charge in [0.1, 0.15) is 17.1 Å². The second-order valence-electron chi connectivity index (χ2n) is 6.17. The highest BCUT2D eigenvalue weighted by atomic mass is 19.1. The van der Waals surface area contributed by atoms with E-state index in [1.54, 1.807) is 18.2 Å². The number of para-hydroxylation sites is 1. The lowest BCUT2D eigenvalue weighted by molar-refractivity contribution is 0.0694. The highest BCUT2D eigenvalue weighted by Crippen LogP contribution is 2.23. The molecule has 134 valence electrons. The fourth-order valence-corrected chi connectivity index (χ4v) is 3.12. The maximum Gasteiger partial charge on any atom is 0.339 e. The third-order valence-corrected chi connectivity index (χ3v) is 4.33. The Labute approximate surface area is 151 Å². The van der Waals surface area contributed by atoms with Crippen molar-refractivity contribution < 1.29 is 14.3 Å². The first-order valence-electron chi connectivity index (χ1n) is 8.74. The number of nitrogens with zero attached hydrogens (tertiary/aromatic N) is 2. The van der Waals surface area contributed by atoms with Crippen LogP contribution in [0.5, 0.6) is 0 Å². The quantitative estimate of drug-likeness (QED) is 0.683. The normalized spacial score (nSPS) is 10.8. The molecule has 0 atom stereocenters. The number of aryl methyl sites for hydroxylation is 2. The standard InChI is InChI=1S/C21H21FN2O2/c1-2-8-19-20(21(25)26)17(14-13-15-9-4-3-5-10-15)23-24(19)18-12-7-6-11-16(18)22/h3-7,9-12H,2,8,13-14H2,1H3,(H,25,26). The van der Waals surface area contributed by atoms with Gasteiger partial charge in [-0.2, -0.15) is 5.10 Å². The number of aromatic nitrogens is 2. The van der Waals surface area contributed by atoms with Crippen LogP contribution < -0.4 is 0 Å². The van der Waals surface area contributed by atoms with Crippen LogP contribution in [0.4, 0.5) is 4.39 Å². The lowest BCUT2D eigenvalue weighted by Crippen LogP contribution is -2.08. The summed E-state index contributed by atoms with van der Waals surface area (Å²) in [6.07, 6.45) is 2.44. The molecule has 3 aromatic rings. The summed E-state index contributed by atoms with van der Waals surface area (Å²) < 4.78 is 15.7. The van der Waals surface area contributed by atoms with Gasteiger partial charge in [0.2, 0.25) is 0 Å². The minimum Gasteiger partial charge on any atom is -0.478 e. The highest BCUT2D eigenvalue weighted by molar-refractivity contribution is 5.90. The second kappa shape index (κ2) is 7.95. The third kappa shape index (κ3) is 3.67. The summed E-state index contributed by atoms with van der Waals surface area (Å²) in [4.78, 5) is 11.9. The zero-order valence-electron chi connectivity index (χ0n) is 14.7. The van der Waals surface area contributed by atoms with Gasteiger partial charge in [0.25, 0.3) is 0 Å². The van der Waals surface area contributed by atoms with Crippen molar-refractivity contribution in [1.29, 1.82) is 0 Å². The van der Waals surface area contributed by atoms with E-state index in [0.29, 0.717) is 30.7 Å². The van der Waals surface area contributed by atoms with Crippen LogP contribution >= 0.6 is 0 Å². The Hall–Kier alpha value is -2.95. The molecule has 0 saturated heterocycles. The monoisotopic (exact) mass is 352 g/mol. The number of hydrogen-bond donors (Lipinski definition) is 1. The molecular weight excluding hydrogens is 331 g/mol. The summed E-state index contributed by atoms with van der Waals surface area (Å²) in [7, 11) is 0. The molecule has 5 heteroatoms. The zero-order valence-corrected chi connectivity index (χ0v) is 14.7. The molecule has 2 aromatic carbocycles. The number of benzene rings is 2. The summed E-state index contributed by atoms with van der Waals surface area (Å²) >= 11 is 0. The number of carboxylic acid groups (broad SMARTS) is 1. The molecule has 1 aromatic heterocycles. The average Bonchev–Trinajstić information content (AvgIpc) is 3.00. The number of carboxylic acids is 1. The van der Waals surface area contributed by atoms with Crippen LogP contribution in [0.15, 0.2) is 54.6 Å². The molecule has 0 fully saturated rings. The predicted octanol–water partition coefficient (Wildman–Crippen LogP) is 4.45. The molecular formula is C21H21FN2O2. The molecule has 4 nitrogen and oxygen atoms in total. The molecule has 3 rings (SSSR count). The van der Waals surface area contributed by atoms with Gasteiger partial charge in [-0.15, -0.1) is 0 Å². The SMILES string of the molecule is CCCc1c(C(=O)O)c(CCc2ccccc2)nn1-c1ccccc1F. The lowest BCUT2D eigenvalue weighted by atomic mass is 10.0. The first-order valence-corrected chi connectivity index (χ1v) is 8.74. The van der Waals surface area contributed by atoms with Crippen LogP contribution in [0.25, 0.3) is 5.69 Å². The van der Waals surface area contributed by atoms with E-state index < -0.39 is 11.8 Å². The van der Waals surface area contributed by atoms with Crippen molar-refractivity contribution in [1.82, 2.24) is 9.78 Å². The topological polar surface area (TPSA) is 55.1 Å². The van der Waals surface area contributed by atoms with Gasteiger partial charge in [-0.1, -0.05) is 55.8 Å². The summed E-state index contributed by atoms with van der Waals surface area (Å²) in [6.45, 7) is 1.97. The van der Waals surface area contributed by atoms with E-state index in [9.17, 15) is 14.3 Å². The van der Waals surface area contributed by atoms with Gasteiger partial charge in [0.05, 0.1) is 11.4 Å². The van der Waals surface area contributed by atoms with E-state index in [-0.39, 0.29) is 11.3 Å². The maximum atomic E-state index is 14.3. The van der Waals surface area contributed by atoms with E-state index in [1.165, 1.54) is 10.7 Å². The Kier molecular flexibility index (Phi) is 5.46. The van der Waals surface area contributed by atoms with Crippen molar-refractivity contribution in [3.05, 3.63) is 82.9 Å². The Morgan fingerprint density at radius 3 is 2.38 bits per heavy atom. The number of aromatic carboxylic acids is 1. The fraction of sp³-hybridized carbons (Fsp3) is 0.238. The van der Waals surface area contributed by atoms with E-state index in [2.05, 4.69) is 5.10 Å². The van der Waals surface area contributed by atoms with E-state index in [0.717, 1.165) is 12.0 Å². The van der Waals surface area contributed by atoms with Gasteiger partial charge >= 0.3 is 5.97 Å². The van der Waals surface area contributed by atoms with Crippen molar-refractivity contribution >= 4 is 5.97 Å². The molecule has 26 heavy (non-hydrogen) atoms. The molecule has 0 unspecified atom stereocenters. The number of rotatable bonds is 7. The summed E-state index contributed by atoms with van der Waals surface area (Å²) in [5.74, 6) is -1.43. The minimum atomic E-state index is -1.01. The molecule has 0 radical (unpaired) electrons. The first-order chi connectivity index (χ1) is 12.6. The number of hydrogen-bond acceptors (Lipinski definition) is 2. The van der Waals surface area contributed by atoms with E-state index in [4.69, 9.17) is 0 Å². The lowest BCUT2D eigenvalue weighted by Gasteiger charge is -2.08. The zero-order chi connectivity index (χ0) is 18.5. The Bertz CT molecular complexity index is 904. The van der Waals surface area contributed by atoms with Gasteiger partial charge in [-0.05, 0) is 37.0 Å². The molecule has 0 bridgehead atoms. The van der Waals surface area contributed by atoms with E-state index in [1.807, 2.05) is 37.3 Å². The van der Waals surface area contributed by atoms with Crippen molar-refractivity contribution in [2.45, 2.75) is 32.6 Å². The average molecular weight is 352 g/mol. The number of halogens is 1. The van der Waals surface area contributed by atoms with Crippen LogP contribution in [0.1, 0.15) is 40.7 Å². The second-order valence-corrected chi connectivity index (χ2v) is 6.17. The summed E-state index contributed by atoms with van der Waals surface area (Å²) in [6, 6.07) is 16.2. The highest BCUT2D eigenvalue weighted by Gasteiger charge is 2.24. The molecule has 0 aliphatic heterocycles. The Morgan fingerprint density at radius 2 is 1.73 bits per heavy atom. The van der Waals surface area contributed by atoms with Gasteiger partial charge in [0, 0.05) is 0 Å². The third-order valence-electron chi connectivity index (χ3n) is 4.33. The van der Waals surface area contributed by atoms with Crippen molar-refractivity contribution in [2.75, 3.05) is 0 Å². The first kappa shape index (κ1) is 17.9. The molecule has 1 N–H and O–H groups in total. The van der Waals surface area contributed by atoms with Gasteiger partial charge in [-0.3, -0.25) is 0 Å². The maximum absolute atomic E-state index is 14.3. The van der Waals surface area contributed by atoms with E-state index >= 15 is 0 Å². The predicted molar refractivity (Wildman–Crippen MR) is 98.3 cm³/mol. The molecule has 0 aliphatic carbocycles. The van der Waals surface area contributed by atoms with Crippen LogP contribution in [-0.4, -0.2) is 20.9 Å². The van der Waals surface area contributed by atoms with Crippen molar-refractivity contribution in [3.63, 3.8) is 0 Å². The molecule has 0 amide bonds. The summed E-state index contributed by atoms with van der Waals surface area (Å²) in [5, 5.41) is 14.2. The van der Waals surface area contributed by atoms with Crippen LogP contribution in [-0.2, 0) is 19.3 Å². The van der Waals surface area contributed by atoms with Gasteiger partial charge < -0.3 is 5.11 Å². The van der Waals surface area contributed by atoms with Crippen molar-refractivity contribution in [2.24, 2.45) is 0 Å². The smallest absolute Gasteiger partial charge is 0.339 e. The fourth-order valence-electron chi connectivity index (χ4n) is 3.12. The largest absolute Gasteiger partial charge is 0.478 e. The molecule has 0 saturated carbocycles. The molecule has 1 heterocycles. The number of carbonyl (C=O) groups is 1. The molecule has 0 spiro atoms. The summed E-state index contributed by atoms with van der Waals surface area (Å²) in [5.41, 5.74) is 2.64. The Morgan fingerprint density at radius 1 is 1.04 bits per heavy atom. The Balaban J connectivity index is 2.05.